The number of hydrogen-bond acceptors (Lipinski definition) is 0. The molecule has 0 fully saturated rings. The number of alkyl halides is 1. The molecule has 0 spiro atoms. The van der Waals surface area contributed by atoms with Gasteiger partial charge in [-0.2, -0.15) is 0 Å². The van der Waals surface area contributed by atoms with E-state index in [0.29, 0.717) is 12.0 Å². The minimum atomic E-state index is -2.57. The normalized spacial score (nSPS) is 14.2. The fraction of sp³-hybridized carbons (Fsp3) is 0.333. The first kappa shape index (κ1) is 15.8. The summed E-state index contributed by atoms with van der Waals surface area (Å²) >= 11 is 20.4. The van der Waals surface area contributed by atoms with E-state index in [1.165, 1.54) is 11.1 Å². The van der Waals surface area contributed by atoms with E-state index >= 15 is 0 Å². The molecular formula is C12H14Cl3ISi. The molecule has 1 atom stereocenters. The van der Waals surface area contributed by atoms with Crippen LogP contribution in [0.4, 0.5) is 0 Å². The van der Waals surface area contributed by atoms with Crippen LogP contribution in [0.3, 0.4) is 0 Å². The van der Waals surface area contributed by atoms with Gasteiger partial charge in [0.25, 0.3) is 0 Å². The van der Waals surface area contributed by atoms with Gasteiger partial charge in [-0.25, -0.2) is 0 Å². The van der Waals surface area contributed by atoms with Crippen molar-refractivity contribution in [1.82, 2.24) is 0 Å². The lowest BCUT2D eigenvalue weighted by atomic mass is 10.0. The number of hydrogen-bond donors (Lipinski definition) is 0. The molecule has 0 nitrogen and oxygen atoms in total. The summed E-state index contributed by atoms with van der Waals surface area (Å²) in [5, 5.41) is 0. The minimum absolute atomic E-state index is 0.333. The molecule has 0 N–H and O–H groups in total. The summed E-state index contributed by atoms with van der Waals surface area (Å²) in [6, 6.07) is 6.54. The van der Waals surface area contributed by atoms with E-state index < -0.39 is 6.00 Å². The number of halogens is 4. The molecule has 0 aliphatic rings. The summed E-state index contributed by atoms with van der Waals surface area (Å²) < 4.78 is 0.970. The van der Waals surface area contributed by atoms with Gasteiger partial charge in [0.15, 0.2) is 0 Å². The zero-order valence-electron chi connectivity index (χ0n) is 9.47. The van der Waals surface area contributed by atoms with Crippen LogP contribution >= 0.6 is 55.8 Å². The molecule has 0 bridgehead atoms. The zero-order valence-corrected chi connectivity index (χ0v) is 14.9. The molecular weight excluding hydrogens is 405 g/mol. The maximum Gasteiger partial charge on any atom is 0.342 e. The molecule has 0 aliphatic carbocycles. The predicted octanol–water partition coefficient (Wildman–Crippen LogP) is 5.89. The van der Waals surface area contributed by atoms with E-state index in [4.69, 9.17) is 33.2 Å². The molecule has 17 heavy (non-hydrogen) atoms. The van der Waals surface area contributed by atoms with Gasteiger partial charge in [-0.15, -0.1) is 33.2 Å². The lowest BCUT2D eigenvalue weighted by Gasteiger charge is -2.18. The molecule has 0 saturated heterocycles. The molecule has 0 aliphatic heterocycles. The number of benzene rings is 1. The minimum Gasteiger partial charge on any atom is -0.126 e. The Bertz CT molecular complexity index is 388. The van der Waals surface area contributed by atoms with Crippen LogP contribution in [0.25, 0.3) is 6.08 Å². The van der Waals surface area contributed by atoms with Crippen LogP contribution < -0.4 is 0 Å². The van der Waals surface area contributed by atoms with Gasteiger partial charge in [0.1, 0.15) is 0 Å². The van der Waals surface area contributed by atoms with E-state index in [1.54, 1.807) is 0 Å². The van der Waals surface area contributed by atoms with Gasteiger partial charge < -0.3 is 0 Å². The van der Waals surface area contributed by atoms with Crippen LogP contribution in [0.5, 0.6) is 0 Å². The Morgan fingerprint density at radius 1 is 1.35 bits per heavy atom. The Kier molecular flexibility index (Phi) is 6.88. The average Bonchev–Trinajstić information content (AvgIpc) is 2.25. The fourth-order valence-corrected chi connectivity index (χ4v) is 5.67. The first-order valence-corrected chi connectivity index (χ1v) is 12.1. The highest BCUT2D eigenvalue weighted by molar-refractivity contribution is 14.1. The summed E-state index contributed by atoms with van der Waals surface area (Å²) in [4.78, 5) is 0. The van der Waals surface area contributed by atoms with Gasteiger partial charge in [0, 0.05) is 4.43 Å². The Balaban J connectivity index is 2.92. The summed E-state index contributed by atoms with van der Waals surface area (Å²) in [6.07, 6.45) is 4.11. The van der Waals surface area contributed by atoms with Crippen molar-refractivity contribution in [2.45, 2.75) is 18.9 Å². The SMILES string of the molecule is CC=Cc1cccc(C(CI)C[Si](Cl)(Cl)Cl)c1. The van der Waals surface area contributed by atoms with Gasteiger partial charge in [0.05, 0.1) is 0 Å². The van der Waals surface area contributed by atoms with Crippen molar-refractivity contribution in [1.29, 1.82) is 0 Å². The molecule has 1 rings (SSSR count). The molecule has 1 aromatic rings. The molecule has 5 heteroatoms. The molecule has 0 saturated carbocycles. The number of rotatable bonds is 5. The van der Waals surface area contributed by atoms with Crippen molar-refractivity contribution in [2.75, 3.05) is 4.43 Å². The van der Waals surface area contributed by atoms with Crippen molar-refractivity contribution in [2.24, 2.45) is 0 Å². The van der Waals surface area contributed by atoms with Crippen molar-refractivity contribution in [3.05, 3.63) is 41.5 Å². The molecule has 1 aromatic carbocycles. The first-order chi connectivity index (χ1) is 7.96. The second-order valence-electron chi connectivity index (χ2n) is 3.84. The van der Waals surface area contributed by atoms with Crippen LogP contribution in [-0.2, 0) is 0 Å². The zero-order chi connectivity index (χ0) is 12.9. The topological polar surface area (TPSA) is 0 Å². The highest BCUT2D eigenvalue weighted by atomic mass is 127. The largest absolute Gasteiger partial charge is 0.342 e. The standard InChI is InChI=1S/C12H14Cl3ISi/c1-2-4-10-5-3-6-11(7-10)12(8-16)9-17(13,14)15/h2-7,12H,8-9H2,1H3. The molecule has 94 valence electrons. The van der Waals surface area contributed by atoms with Crippen molar-refractivity contribution < 1.29 is 0 Å². The lowest BCUT2D eigenvalue weighted by Crippen LogP contribution is -2.15. The number of allylic oxidation sites excluding steroid dienone is 1. The Hall–Kier alpha value is 0.777. The Labute approximate surface area is 132 Å². The van der Waals surface area contributed by atoms with E-state index in [1.807, 2.05) is 13.0 Å². The van der Waals surface area contributed by atoms with Gasteiger partial charge in [-0.3, -0.25) is 0 Å². The summed E-state index contributed by atoms with van der Waals surface area (Å²) in [6.45, 7) is 2.01. The monoisotopic (exact) mass is 418 g/mol. The third-order valence-electron chi connectivity index (χ3n) is 2.41. The van der Waals surface area contributed by atoms with Gasteiger partial charge >= 0.3 is 6.00 Å². The fourth-order valence-electron chi connectivity index (χ4n) is 1.65. The van der Waals surface area contributed by atoms with E-state index in [0.717, 1.165) is 4.43 Å². The summed E-state index contributed by atoms with van der Waals surface area (Å²) in [7, 11) is 0. The average molecular weight is 420 g/mol. The third kappa shape index (κ3) is 5.97. The van der Waals surface area contributed by atoms with Gasteiger partial charge in [-0.05, 0) is 30.0 Å². The van der Waals surface area contributed by atoms with Crippen LogP contribution in [-0.4, -0.2) is 10.4 Å². The molecule has 1 unspecified atom stereocenters. The maximum absolute atomic E-state index is 6.01. The molecule has 0 aromatic heterocycles. The Morgan fingerprint density at radius 2 is 2.06 bits per heavy atom. The quantitative estimate of drug-likeness (QED) is 0.241. The second kappa shape index (κ2) is 7.39. The Morgan fingerprint density at radius 3 is 2.59 bits per heavy atom. The third-order valence-corrected chi connectivity index (χ3v) is 5.81. The van der Waals surface area contributed by atoms with Crippen LogP contribution in [0, 0.1) is 0 Å². The van der Waals surface area contributed by atoms with E-state index in [2.05, 4.69) is 52.9 Å². The highest BCUT2D eigenvalue weighted by Crippen LogP contribution is 2.35. The highest BCUT2D eigenvalue weighted by Gasteiger charge is 2.29. The summed E-state index contributed by atoms with van der Waals surface area (Å²) in [5.41, 5.74) is 2.46. The van der Waals surface area contributed by atoms with E-state index in [-0.39, 0.29) is 0 Å². The molecule has 0 heterocycles. The second-order valence-corrected chi connectivity index (χ2v) is 13.9. The van der Waals surface area contributed by atoms with Crippen LogP contribution in [0.1, 0.15) is 24.0 Å². The van der Waals surface area contributed by atoms with Gasteiger partial charge in [0.2, 0.25) is 0 Å². The van der Waals surface area contributed by atoms with Crippen LogP contribution in [0.15, 0.2) is 30.3 Å². The van der Waals surface area contributed by atoms with Crippen molar-refractivity contribution in [3.8, 4) is 0 Å². The molecule has 0 radical (unpaired) electrons. The van der Waals surface area contributed by atoms with Crippen LogP contribution in [0.2, 0.25) is 6.04 Å². The molecule has 0 amide bonds. The predicted molar refractivity (Wildman–Crippen MR) is 90.9 cm³/mol. The maximum atomic E-state index is 6.01. The van der Waals surface area contributed by atoms with Crippen molar-refractivity contribution in [3.63, 3.8) is 0 Å². The lowest BCUT2D eigenvalue weighted by molar-refractivity contribution is 0.886. The smallest absolute Gasteiger partial charge is 0.126 e. The first-order valence-electron chi connectivity index (χ1n) is 5.31. The van der Waals surface area contributed by atoms with Crippen molar-refractivity contribution >= 4 is 67.9 Å². The summed E-state index contributed by atoms with van der Waals surface area (Å²) in [5.74, 6) is 0.333. The van der Waals surface area contributed by atoms with E-state index in [9.17, 15) is 0 Å². The van der Waals surface area contributed by atoms with Gasteiger partial charge in [-0.1, -0.05) is 59.0 Å².